The van der Waals surface area contributed by atoms with Gasteiger partial charge in [0.25, 0.3) is 0 Å². The first kappa shape index (κ1) is 12.4. The van der Waals surface area contributed by atoms with E-state index in [0.717, 1.165) is 11.0 Å². The van der Waals surface area contributed by atoms with Crippen LogP contribution in [0.5, 0.6) is 0 Å². The summed E-state index contributed by atoms with van der Waals surface area (Å²) in [5.41, 5.74) is 3.67. The van der Waals surface area contributed by atoms with E-state index in [0.29, 0.717) is 0 Å². The second kappa shape index (κ2) is 4.49. The zero-order chi connectivity index (χ0) is 13.6. The Morgan fingerprint density at radius 1 is 1.05 bits per heavy atom. The van der Waals surface area contributed by atoms with Crippen LogP contribution in [0.15, 0.2) is 46.3 Å². The van der Waals surface area contributed by atoms with Gasteiger partial charge in [-0.05, 0) is 49.1 Å². The topological polar surface area (TPSA) is 15.6 Å². The van der Waals surface area contributed by atoms with Crippen LogP contribution in [-0.4, -0.2) is 20.4 Å². The van der Waals surface area contributed by atoms with E-state index in [1.54, 1.807) is 0 Å². The fourth-order valence-corrected chi connectivity index (χ4v) is 4.08. The largest absolute Gasteiger partial charge is 0.378 e. The number of rotatable bonds is 1. The van der Waals surface area contributed by atoms with Crippen LogP contribution < -0.4 is 10.3 Å². The summed E-state index contributed by atoms with van der Waals surface area (Å²) in [6, 6.07) is 13.1. The molecule has 0 fully saturated rings. The lowest BCUT2D eigenvalue weighted by Crippen LogP contribution is -2.12. The lowest BCUT2D eigenvalue weighted by atomic mass is 10.2. The van der Waals surface area contributed by atoms with Crippen LogP contribution in [0.1, 0.15) is 5.56 Å². The average Bonchev–Trinajstić information content (AvgIpc) is 2.39. The van der Waals surface area contributed by atoms with Gasteiger partial charge < -0.3 is 4.90 Å². The molecule has 0 saturated carbocycles. The lowest BCUT2D eigenvalue weighted by molar-refractivity contribution is 1.12. The van der Waals surface area contributed by atoms with E-state index in [9.17, 15) is 0 Å². The first-order valence-electron chi connectivity index (χ1n) is 6.36. The van der Waals surface area contributed by atoms with Crippen molar-refractivity contribution in [3.8, 4) is 0 Å². The maximum absolute atomic E-state index is 4.79. The number of aryl methyl sites for hydroxylation is 1. The van der Waals surface area contributed by atoms with Crippen LogP contribution in [0.2, 0.25) is 0 Å². The van der Waals surface area contributed by atoms with Gasteiger partial charge in [0.1, 0.15) is 0 Å². The third-order valence-corrected chi connectivity index (χ3v) is 5.45. The Kier molecular flexibility index (Phi) is 2.94. The van der Waals surface area contributed by atoms with E-state index in [4.69, 9.17) is 4.99 Å². The van der Waals surface area contributed by atoms with Crippen molar-refractivity contribution in [1.29, 1.82) is 0 Å². The van der Waals surface area contributed by atoms with Crippen LogP contribution in [0.25, 0.3) is 0 Å². The Morgan fingerprint density at radius 3 is 2.58 bits per heavy atom. The maximum Gasteiger partial charge on any atom is 0.0770 e. The predicted octanol–water partition coefficient (Wildman–Crippen LogP) is 3.53. The van der Waals surface area contributed by atoms with Crippen LogP contribution in [0.4, 0.5) is 11.4 Å². The van der Waals surface area contributed by atoms with Crippen molar-refractivity contribution in [2.75, 3.05) is 25.3 Å². The zero-order valence-corrected chi connectivity index (χ0v) is 12.6. The van der Waals surface area contributed by atoms with E-state index in [2.05, 4.69) is 68.6 Å². The van der Waals surface area contributed by atoms with Crippen molar-refractivity contribution in [1.82, 2.24) is 0 Å². The molecule has 1 aliphatic heterocycles. The van der Waals surface area contributed by atoms with Crippen LogP contribution in [-0.2, 0) is 0 Å². The Balaban J connectivity index is 2.34. The molecule has 1 unspecified atom stereocenters. The quantitative estimate of drug-likeness (QED) is 0.724. The summed E-state index contributed by atoms with van der Waals surface area (Å²) in [5, 5.41) is 1.12. The van der Waals surface area contributed by atoms with Crippen LogP contribution in [0, 0.1) is 11.4 Å². The minimum atomic E-state index is 0.102. The highest BCUT2D eigenvalue weighted by Crippen LogP contribution is 2.37. The van der Waals surface area contributed by atoms with Gasteiger partial charge in [0.2, 0.25) is 0 Å². The zero-order valence-electron chi connectivity index (χ0n) is 11.8. The first-order valence-corrected chi connectivity index (χ1v) is 7.99. The summed E-state index contributed by atoms with van der Waals surface area (Å²) in [6.45, 7) is 2.14. The number of anilines is 1. The van der Waals surface area contributed by atoms with Gasteiger partial charge in [-0.2, -0.15) is 0 Å². The molecule has 19 heavy (non-hydrogen) atoms. The molecule has 0 amide bonds. The second-order valence-electron chi connectivity index (χ2n) is 5.14. The number of nitrogens with zero attached hydrogens (tertiary/aromatic N) is 2. The first-order chi connectivity index (χ1) is 9.06. The molecular formula is C16H18N2S. The molecule has 1 atom stereocenters. The van der Waals surface area contributed by atoms with E-state index in [-0.39, 0.29) is 10.5 Å². The molecule has 0 bridgehead atoms. The highest BCUT2D eigenvalue weighted by atomic mass is 32.2. The standard InChI is InChI=1S/C16H18N2S/c1-11-5-7-13-15(9-11)19(4)16-10-12(18(2)3)6-8-14(16)17-13/h5-10H,1-4H3. The van der Waals surface area contributed by atoms with Crippen molar-refractivity contribution < 1.29 is 0 Å². The van der Waals surface area contributed by atoms with Gasteiger partial charge in [-0.1, -0.05) is 6.07 Å². The monoisotopic (exact) mass is 270 g/mol. The third kappa shape index (κ3) is 2.08. The van der Waals surface area contributed by atoms with E-state index >= 15 is 0 Å². The molecule has 0 N–H and O–H groups in total. The molecule has 0 aliphatic carbocycles. The van der Waals surface area contributed by atoms with Gasteiger partial charge in [0, 0.05) is 29.2 Å². The van der Waals surface area contributed by atoms with Crippen molar-refractivity contribution in [2.24, 2.45) is 4.99 Å². The van der Waals surface area contributed by atoms with Crippen molar-refractivity contribution >= 4 is 21.9 Å². The summed E-state index contributed by atoms with van der Waals surface area (Å²) in [4.78, 5) is 8.30. The van der Waals surface area contributed by atoms with Gasteiger partial charge in [-0.15, -0.1) is 10.5 Å². The predicted molar refractivity (Wildman–Crippen MR) is 83.4 cm³/mol. The lowest BCUT2D eigenvalue weighted by Gasteiger charge is -2.16. The molecule has 0 saturated heterocycles. The van der Waals surface area contributed by atoms with E-state index < -0.39 is 0 Å². The van der Waals surface area contributed by atoms with E-state index in [1.165, 1.54) is 20.7 Å². The molecule has 0 radical (unpaired) electrons. The molecule has 0 aromatic heterocycles. The average molecular weight is 270 g/mol. The normalized spacial score (nSPS) is 16.3. The Labute approximate surface area is 116 Å². The fraction of sp³-hybridized carbons (Fsp3) is 0.250. The number of benzene rings is 2. The maximum atomic E-state index is 4.79. The van der Waals surface area contributed by atoms with Crippen LogP contribution in [0.3, 0.4) is 0 Å². The molecule has 1 heterocycles. The third-order valence-electron chi connectivity index (χ3n) is 3.48. The molecule has 3 rings (SSSR count). The second-order valence-corrected chi connectivity index (χ2v) is 7.04. The van der Waals surface area contributed by atoms with Gasteiger partial charge in [0.05, 0.1) is 11.0 Å². The van der Waals surface area contributed by atoms with Gasteiger partial charge in [0.15, 0.2) is 0 Å². The molecular weight excluding hydrogens is 252 g/mol. The Hall–Kier alpha value is -1.61. The number of hydrogen-bond donors (Lipinski definition) is 0. The molecule has 1 aliphatic rings. The van der Waals surface area contributed by atoms with Crippen molar-refractivity contribution in [2.45, 2.75) is 11.8 Å². The van der Waals surface area contributed by atoms with Gasteiger partial charge in [-0.3, -0.25) is 0 Å². The molecule has 2 aromatic carbocycles. The SMILES string of the molecule is Cc1ccc2c(c1)S(C)=c1cc(N(C)C)ccc1=N2. The van der Waals surface area contributed by atoms with Gasteiger partial charge in [-0.25, -0.2) is 4.99 Å². The van der Waals surface area contributed by atoms with Crippen LogP contribution >= 0.6 is 10.5 Å². The Bertz CT molecular complexity index is 776. The Morgan fingerprint density at radius 2 is 1.84 bits per heavy atom. The molecule has 3 heteroatoms. The summed E-state index contributed by atoms with van der Waals surface area (Å²) in [6.07, 6.45) is 2.30. The molecule has 2 aromatic rings. The highest BCUT2D eigenvalue weighted by molar-refractivity contribution is 8.09. The van der Waals surface area contributed by atoms with E-state index in [1.807, 2.05) is 0 Å². The minimum Gasteiger partial charge on any atom is -0.378 e. The van der Waals surface area contributed by atoms with Crippen molar-refractivity contribution in [3.05, 3.63) is 51.8 Å². The number of fused-ring (bicyclic) bond motifs is 2. The fourth-order valence-electron chi connectivity index (χ4n) is 2.33. The summed E-state index contributed by atoms with van der Waals surface area (Å²) >= 11 is 0. The minimum absolute atomic E-state index is 0.102. The molecule has 2 nitrogen and oxygen atoms in total. The summed E-state index contributed by atoms with van der Waals surface area (Å²) < 4.78 is 1.35. The molecule has 98 valence electrons. The highest BCUT2D eigenvalue weighted by Gasteiger charge is 2.10. The van der Waals surface area contributed by atoms with Crippen molar-refractivity contribution in [3.63, 3.8) is 0 Å². The summed E-state index contributed by atoms with van der Waals surface area (Å²) in [7, 11) is 4.26. The summed E-state index contributed by atoms with van der Waals surface area (Å²) in [5.74, 6) is 0. The van der Waals surface area contributed by atoms with Gasteiger partial charge >= 0.3 is 0 Å². The smallest absolute Gasteiger partial charge is 0.0770 e. The number of hydrogen-bond acceptors (Lipinski definition) is 2. The molecule has 0 spiro atoms.